The molecule has 7 aliphatic rings. The van der Waals surface area contributed by atoms with Crippen LogP contribution in [0.25, 0.3) is 45.3 Å². The Morgan fingerprint density at radius 2 is 0.752 bits per heavy atom. The van der Waals surface area contributed by atoms with Crippen LogP contribution >= 0.6 is 34.0 Å². The molecule has 4 atom stereocenters. The molecule has 4 saturated heterocycles. The first kappa shape index (κ1) is 102. The number of aromatic nitrogens is 6. The van der Waals surface area contributed by atoms with Crippen molar-refractivity contribution in [3.05, 3.63) is 221 Å². The van der Waals surface area contributed by atoms with Gasteiger partial charge in [0.25, 0.3) is 17.7 Å². The number of thiophene rings is 3. The van der Waals surface area contributed by atoms with Crippen LogP contribution in [0, 0.1) is 46.3 Å². The minimum absolute atomic E-state index is 0.0365. The maximum Gasteiger partial charge on any atom is 0.310 e. The number of amides is 6. The van der Waals surface area contributed by atoms with E-state index in [1.807, 2.05) is 128 Å². The van der Waals surface area contributed by atoms with Gasteiger partial charge in [0.2, 0.25) is 17.7 Å². The number of carbonyl (C=O) groups is 9. The molecule has 726 valence electrons. The first-order valence-corrected chi connectivity index (χ1v) is 50.4. The van der Waals surface area contributed by atoms with Crippen molar-refractivity contribution < 1.29 is 67.9 Å². The topological polar surface area (TPSA) is 356 Å². The molecule has 0 radical (unpaired) electrons. The van der Waals surface area contributed by atoms with Crippen molar-refractivity contribution in [3.8, 4) is 34.2 Å². The first-order chi connectivity index (χ1) is 64.8. The van der Waals surface area contributed by atoms with Crippen LogP contribution in [0.2, 0.25) is 0 Å². The van der Waals surface area contributed by atoms with E-state index in [0.717, 1.165) is 96.7 Å². The molecule has 1 saturated carbocycles. The SMILES string of the molecule is CC(C)(C)c1ccc(C(=O)N[C@@H](Cc2ccc(-c3ncc(C4CCC(C(C)(C)C)CC4)cn3)cc2)C(=O)N2CC(C(=O)O)C2)s1.CC(C)C1CC=C(c2cnc(-c3ccc(C[C@H](NC(=O)c4ccc(C(C)(C)C)s4)C(=O)N4CC(C(=O)O)C4)cc3)nc2)CC1.CC1(C)COC2(CC=C(c3cnc(-c4ccc(CC(NC(=O)c5ccc(C(C)(C)C)s5)C(=O)N5CC(C(=O)O)C5)cc4)nc3)CC2)OC1. The third kappa shape index (κ3) is 25.8. The van der Waals surface area contributed by atoms with Crippen molar-refractivity contribution in [2.75, 3.05) is 52.5 Å². The van der Waals surface area contributed by atoms with Gasteiger partial charge in [-0.2, -0.15) is 0 Å². The fourth-order valence-corrected chi connectivity index (χ4v) is 21.0. The normalized spacial score (nSPS) is 19.2. The third-order valence-electron chi connectivity index (χ3n) is 27.5. The summed E-state index contributed by atoms with van der Waals surface area (Å²) >= 11 is 4.25. The Labute approximate surface area is 816 Å². The number of nitrogens with zero attached hydrogens (tertiary/aromatic N) is 9. The maximum absolute atomic E-state index is 13.5. The van der Waals surface area contributed by atoms with Crippen LogP contribution < -0.4 is 16.0 Å². The average molecular weight is 1920 g/mol. The minimum atomic E-state index is -0.921. The Kier molecular flexibility index (Phi) is 31.5. The molecule has 26 nitrogen and oxygen atoms in total. The molecule has 4 aliphatic heterocycles. The largest absolute Gasteiger partial charge is 0.481 e. The van der Waals surface area contributed by atoms with Crippen molar-refractivity contribution in [3.63, 3.8) is 0 Å². The number of ether oxygens (including phenoxy) is 2. The van der Waals surface area contributed by atoms with Crippen molar-refractivity contribution in [2.24, 2.45) is 46.3 Å². The molecule has 16 rings (SSSR count). The molecule has 6 aromatic heterocycles. The second-order valence-corrected chi connectivity index (χ2v) is 46.5. The highest BCUT2D eigenvalue weighted by Gasteiger charge is 2.45. The first-order valence-electron chi connectivity index (χ1n) is 48.0. The third-order valence-corrected chi connectivity index (χ3v) is 32.1. The summed E-state index contributed by atoms with van der Waals surface area (Å²) in [5.41, 5.74) is 11.1. The molecule has 10 heterocycles. The van der Waals surface area contributed by atoms with E-state index < -0.39 is 59.6 Å². The van der Waals surface area contributed by atoms with E-state index in [-0.39, 0.29) is 116 Å². The summed E-state index contributed by atoms with van der Waals surface area (Å²) in [5.74, 6) is -2.17. The summed E-state index contributed by atoms with van der Waals surface area (Å²) < 4.78 is 12.3. The lowest BCUT2D eigenvalue weighted by atomic mass is 9.69. The summed E-state index contributed by atoms with van der Waals surface area (Å²) in [4.78, 5) is 151. The summed E-state index contributed by atoms with van der Waals surface area (Å²) in [5, 5.41) is 36.7. The maximum atomic E-state index is 13.5. The Bertz CT molecular complexity index is 5860. The lowest BCUT2D eigenvalue weighted by Crippen LogP contribution is -2.59. The molecule has 6 amide bonds. The predicted octanol–water partition coefficient (Wildman–Crippen LogP) is 18.7. The van der Waals surface area contributed by atoms with E-state index in [4.69, 9.17) is 19.4 Å². The zero-order valence-electron chi connectivity index (χ0n) is 81.7. The van der Waals surface area contributed by atoms with E-state index in [9.17, 15) is 58.5 Å². The number of aliphatic carboxylic acids is 3. The van der Waals surface area contributed by atoms with Gasteiger partial charge < -0.3 is 55.4 Å². The molecule has 9 aromatic rings. The van der Waals surface area contributed by atoms with E-state index in [1.54, 1.807) is 18.2 Å². The lowest BCUT2D eigenvalue weighted by Gasteiger charge is -2.44. The highest BCUT2D eigenvalue weighted by Crippen LogP contribution is 2.45. The Hall–Kier alpha value is -11.4. The molecule has 1 spiro atoms. The zero-order chi connectivity index (χ0) is 98.4. The fourth-order valence-electron chi connectivity index (χ4n) is 18.1. The van der Waals surface area contributed by atoms with Gasteiger partial charge in [0, 0.05) is 156 Å². The molecular formula is C108H132N12O14S3. The molecule has 3 aromatic carbocycles. The highest BCUT2D eigenvalue weighted by atomic mass is 32.1. The van der Waals surface area contributed by atoms with Gasteiger partial charge in [-0.1, -0.05) is 196 Å². The number of hydrogen-bond acceptors (Lipinski definition) is 20. The number of allylic oxidation sites excluding steroid dienone is 3. The second kappa shape index (κ2) is 42.5. The van der Waals surface area contributed by atoms with Crippen molar-refractivity contribution in [1.29, 1.82) is 0 Å². The minimum Gasteiger partial charge on any atom is -0.481 e. The van der Waals surface area contributed by atoms with Crippen LogP contribution in [0.5, 0.6) is 0 Å². The number of benzene rings is 3. The van der Waals surface area contributed by atoms with Crippen molar-refractivity contribution in [2.45, 2.75) is 240 Å². The Balaban J connectivity index is 0.000000164. The van der Waals surface area contributed by atoms with Crippen LogP contribution in [0.3, 0.4) is 0 Å². The number of carbonyl (C=O) groups excluding carboxylic acids is 6. The van der Waals surface area contributed by atoms with Gasteiger partial charge in [0.1, 0.15) is 18.1 Å². The fraction of sp³-hybridized carbons (Fsp3) is 0.491. The Morgan fingerprint density at radius 1 is 0.423 bits per heavy atom. The number of rotatable bonds is 25. The molecule has 29 heteroatoms. The summed E-state index contributed by atoms with van der Waals surface area (Å²) in [6.07, 6.45) is 27.3. The van der Waals surface area contributed by atoms with Gasteiger partial charge in [-0.15, -0.1) is 34.0 Å². The number of likely N-dealkylation sites (tertiary alicyclic amines) is 3. The van der Waals surface area contributed by atoms with Crippen LogP contribution in [-0.4, -0.2) is 190 Å². The smallest absolute Gasteiger partial charge is 0.310 e. The molecule has 5 fully saturated rings. The van der Waals surface area contributed by atoms with Gasteiger partial charge >= 0.3 is 17.9 Å². The second-order valence-electron chi connectivity index (χ2n) is 43.3. The van der Waals surface area contributed by atoms with Gasteiger partial charge in [-0.05, 0) is 166 Å². The van der Waals surface area contributed by atoms with Crippen LogP contribution in [0.4, 0.5) is 0 Å². The quantitative estimate of drug-likeness (QED) is 0.0309. The molecule has 2 unspecified atom stereocenters. The van der Waals surface area contributed by atoms with Crippen LogP contribution in [0.1, 0.15) is 258 Å². The zero-order valence-corrected chi connectivity index (χ0v) is 84.2. The van der Waals surface area contributed by atoms with E-state index >= 15 is 0 Å². The number of hydrogen-bond donors (Lipinski definition) is 6. The van der Waals surface area contributed by atoms with Crippen molar-refractivity contribution in [1.82, 2.24) is 60.6 Å². The van der Waals surface area contributed by atoms with E-state index in [0.29, 0.717) is 69.0 Å². The van der Waals surface area contributed by atoms with Gasteiger partial charge in [0.15, 0.2) is 23.3 Å². The standard InChI is InChI=1S/C37H44N4O6S.C36H46N4O4S.C35H42N4O4S/c1-35(2,3)30-11-10-29(48-30)32(42)40-28(33(43)41-19-27(20-41)34(44)45)16-23-6-8-25(9-7-23)31-38-17-26(18-39-31)24-12-14-37(15-13-24)46-21-36(4,5)22-47-37;1-35(2,3)27-13-11-23(12-14-27)25-18-37-31(38-19-25)24-9-7-22(8-10-24)17-28(33(42)40-20-26(21-40)34(43)44)39-32(41)29-15-16-30(45-29)36(4,5)6;1-21(2)23-10-12-24(13-11-23)26-17-36-31(37-18-26)25-8-6-22(7-9-25)16-28(33(41)39-19-27(20-39)34(42)43)38-32(40)29-14-15-30(44-29)35(3,4)5/h6-12,17-18,27-28H,13-16,19-22H2,1-5H3,(H,40,42)(H,44,45);7-10,15-16,18-19,23,26-28H,11-14,17,20-21H2,1-6H3,(H,39,41)(H,43,44);6-9,12,14-15,17-18,21,23,27-28H,10-11,13,16,19-20H2,1-5H3,(H,38,40)(H,42,43)/t;23?,27?,28-;23?,28-/m.00/s1. The summed E-state index contributed by atoms with van der Waals surface area (Å²) in [6, 6.07) is 31.9. The summed E-state index contributed by atoms with van der Waals surface area (Å²) in [6.45, 7) is 37.0. The summed E-state index contributed by atoms with van der Waals surface area (Å²) in [7, 11) is 0. The predicted molar refractivity (Wildman–Crippen MR) is 534 cm³/mol. The molecular weight excluding hydrogens is 1790 g/mol. The van der Waals surface area contributed by atoms with Gasteiger partial charge in [-0.3, -0.25) is 43.2 Å². The molecule has 6 N–H and O–H groups in total. The van der Waals surface area contributed by atoms with E-state index in [2.05, 4.69) is 159 Å². The average Bonchev–Trinajstić information content (AvgIpc) is 1.74. The van der Waals surface area contributed by atoms with Gasteiger partial charge in [-0.25, -0.2) is 29.9 Å². The number of nitrogens with one attached hydrogen (secondary N) is 3. The Morgan fingerprint density at radius 3 is 1.03 bits per heavy atom. The molecule has 0 bridgehead atoms. The number of carboxylic acids is 3. The molecule has 3 aliphatic carbocycles. The van der Waals surface area contributed by atoms with Crippen LogP contribution in [0.15, 0.2) is 159 Å². The van der Waals surface area contributed by atoms with Crippen molar-refractivity contribution >= 4 is 98.5 Å². The lowest BCUT2D eigenvalue weighted by molar-refractivity contribution is -0.300. The monoisotopic (exact) mass is 1920 g/mol. The number of carboxylic acid groups (broad SMARTS) is 3. The molecule has 137 heavy (non-hydrogen) atoms. The van der Waals surface area contributed by atoms with E-state index in [1.165, 1.54) is 97.5 Å². The highest BCUT2D eigenvalue weighted by molar-refractivity contribution is 7.14. The van der Waals surface area contributed by atoms with Crippen LogP contribution in [-0.2, 0) is 73.7 Å². The van der Waals surface area contributed by atoms with Gasteiger partial charge in [0.05, 0.1) is 45.6 Å².